The van der Waals surface area contributed by atoms with Crippen LogP contribution >= 0.6 is 11.8 Å². The van der Waals surface area contributed by atoms with Crippen LogP contribution in [0.2, 0.25) is 0 Å². The lowest BCUT2D eigenvalue weighted by Crippen LogP contribution is -2.32. The number of hydrogen-bond donors (Lipinski definition) is 1. The molecule has 0 atom stereocenters. The van der Waals surface area contributed by atoms with Gasteiger partial charge in [-0.1, -0.05) is 18.6 Å². The summed E-state index contributed by atoms with van der Waals surface area (Å²) >= 11 is 1.99. The van der Waals surface area contributed by atoms with Crippen molar-refractivity contribution in [1.82, 2.24) is 4.98 Å². The number of hydrogen-bond acceptors (Lipinski definition) is 7. The van der Waals surface area contributed by atoms with Crippen molar-refractivity contribution in [2.75, 3.05) is 34.8 Å². The highest BCUT2D eigenvalue weighted by Gasteiger charge is 2.20. The van der Waals surface area contributed by atoms with Gasteiger partial charge < -0.3 is 10.2 Å². The van der Waals surface area contributed by atoms with E-state index in [-0.39, 0.29) is 0 Å². The molecule has 1 aromatic rings. The molecule has 158 valence electrons. The maximum atomic E-state index is 11.2. The molecule has 3 rings (SSSR count). The second-order valence-corrected chi connectivity index (χ2v) is 8.82. The second-order valence-electron chi connectivity index (χ2n) is 7.60. The molecule has 3 heterocycles. The van der Waals surface area contributed by atoms with Gasteiger partial charge in [0.15, 0.2) is 6.29 Å². The van der Waals surface area contributed by atoms with Crippen molar-refractivity contribution in [3.8, 4) is 6.07 Å². The van der Waals surface area contributed by atoms with Crippen LogP contribution in [0, 0.1) is 11.3 Å². The molecule has 2 aliphatic heterocycles. The van der Waals surface area contributed by atoms with Gasteiger partial charge in [-0.15, -0.1) is 0 Å². The fourth-order valence-electron chi connectivity index (χ4n) is 3.92. The molecule has 2 fully saturated rings. The van der Waals surface area contributed by atoms with Crippen LogP contribution < -0.4 is 10.2 Å². The summed E-state index contributed by atoms with van der Waals surface area (Å²) in [6.07, 6.45) is 9.52. The first-order valence-corrected chi connectivity index (χ1v) is 11.7. The molecular weight excluding hydrogens is 394 g/mol. The number of pyridine rings is 1. The third-order valence-corrected chi connectivity index (χ3v) is 6.65. The minimum atomic E-state index is 0.413. The van der Waals surface area contributed by atoms with E-state index >= 15 is 0 Å². The van der Waals surface area contributed by atoms with E-state index in [1.165, 1.54) is 5.57 Å². The van der Waals surface area contributed by atoms with Crippen LogP contribution in [0.15, 0.2) is 40.2 Å². The van der Waals surface area contributed by atoms with Crippen molar-refractivity contribution < 1.29 is 4.79 Å². The summed E-state index contributed by atoms with van der Waals surface area (Å²) in [6.45, 7) is 7.20. The lowest BCUT2D eigenvalue weighted by Gasteiger charge is -2.31. The van der Waals surface area contributed by atoms with Gasteiger partial charge in [-0.05, 0) is 55.9 Å². The Morgan fingerprint density at radius 3 is 2.97 bits per heavy atom. The molecule has 2 aliphatic rings. The van der Waals surface area contributed by atoms with E-state index in [4.69, 9.17) is 0 Å². The SMILES string of the molecule is C=N/C(C=O)=C(\C=C1\CCCN(c2cc(NC3CCSCC3)c(C#N)cn2)C1)CC. The van der Waals surface area contributed by atoms with Crippen molar-refractivity contribution >= 4 is 36.3 Å². The number of aliphatic imine (C=N–C) groups is 1. The summed E-state index contributed by atoms with van der Waals surface area (Å²) in [5.74, 6) is 3.20. The molecule has 1 N–H and O–H groups in total. The molecule has 6 nitrogen and oxygen atoms in total. The molecule has 0 aromatic carbocycles. The number of piperidine rings is 1. The molecule has 0 radical (unpaired) electrons. The summed E-state index contributed by atoms with van der Waals surface area (Å²) in [5.41, 5.74) is 4.06. The van der Waals surface area contributed by atoms with Crippen LogP contribution in [0.3, 0.4) is 0 Å². The second kappa shape index (κ2) is 11.0. The van der Waals surface area contributed by atoms with Crippen molar-refractivity contribution in [3.05, 3.63) is 40.7 Å². The Morgan fingerprint density at radius 1 is 1.50 bits per heavy atom. The van der Waals surface area contributed by atoms with Crippen molar-refractivity contribution in [2.45, 2.75) is 45.1 Å². The maximum absolute atomic E-state index is 11.2. The average Bonchev–Trinajstić information content (AvgIpc) is 2.80. The first kappa shape index (κ1) is 22.1. The molecule has 0 unspecified atom stereocenters. The van der Waals surface area contributed by atoms with Crippen molar-refractivity contribution in [3.63, 3.8) is 0 Å². The first-order valence-electron chi connectivity index (χ1n) is 10.5. The van der Waals surface area contributed by atoms with E-state index in [1.807, 2.05) is 24.8 Å². The minimum Gasteiger partial charge on any atom is -0.381 e. The van der Waals surface area contributed by atoms with Crippen LogP contribution in [0.5, 0.6) is 0 Å². The predicted octanol–water partition coefficient (Wildman–Crippen LogP) is 4.35. The fraction of sp³-hybridized carbons (Fsp3) is 0.478. The maximum Gasteiger partial charge on any atom is 0.168 e. The normalized spacial score (nSPS) is 19.7. The highest BCUT2D eigenvalue weighted by molar-refractivity contribution is 7.99. The number of nitrogens with zero attached hydrogens (tertiary/aromatic N) is 4. The molecule has 1 aromatic heterocycles. The standard InChI is InChI=1S/C23H29N5OS/c1-3-18(22(16-29)25-2)11-17-5-4-8-28(15-17)23-12-21(19(13-24)14-26-23)27-20-6-9-30-10-7-20/h11-12,14,16,20H,2-10,15H2,1H3,(H,26,27)/b17-11-,22-18-. The van der Waals surface area contributed by atoms with E-state index in [1.54, 1.807) is 6.20 Å². The first-order chi connectivity index (χ1) is 14.7. The number of nitriles is 1. The number of thioether (sulfide) groups is 1. The third-order valence-electron chi connectivity index (χ3n) is 5.61. The Labute approximate surface area is 183 Å². The summed E-state index contributed by atoms with van der Waals surface area (Å²) in [4.78, 5) is 21.9. The number of aromatic nitrogens is 1. The fourth-order valence-corrected chi connectivity index (χ4v) is 5.03. The molecule has 0 amide bonds. The number of aldehydes is 1. The van der Waals surface area contributed by atoms with E-state index in [2.05, 4.69) is 39.1 Å². The Bertz CT molecular complexity index is 870. The molecule has 2 saturated heterocycles. The molecular formula is C23H29N5OS. The van der Waals surface area contributed by atoms with E-state index in [0.717, 1.165) is 80.1 Å². The molecule has 0 saturated carbocycles. The lowest BCUT2D eigenvalue weighted by molar-refractivity contribution is -0.105. The van der Waals surface area contributed by atoms with Gasteiger partial charge in [-0.2, -0.15) is 17.0 Å². The summed E-state index contributed by atoms with van der Waals surface area (Å²) in [7, 11) is 0. The Kier molecular flexibility index (Phi) is 8.09. The van der Waals surface area contributed by atoms with Crippen LogP contribution in [-0.2, 0) is 4.79 Å². The number of allylic oxidation sites excluding steroid dienone is 3. The van der Waals surface area contributed by atoms with Crippen LogP contribution in [0.25, 0.3) is 0 Å². The zero-order chi connectivity index (χ0) is 21.3. The highest BCUT2D eigenvalue weighted by atomic mass is 32.2. The molecule has 0 bridgehead atoms. The topological polar surface area (TPSA) is 81.4 Å². The van der Waals surface area contributed by atoms with Gasteiger partial charge in [0, 0.05) is 31.4 Å². The van der Waals surface area contributed by atoms with Crippen LogP contribution in [0.1, 0.15) is 44.6 Å². The third kappa shape index (κ3) is 5.51. The quantitative estimate of drug-likeness (QED) is 0.399. The number of carbonyl (C=O) groups is 1. The molecule has 7 heteroatoms. The highest BCUT2D eigenvalue weighted by Crippen LogP contribution is 2.28. The number of rotatable bonds is 7. The summed E-state index contributed by atoms with van der Waals surface area (Å²) in [5, 5.41) is 13.1. The van der Waals surface area contributed by atoms with Gasteiger partial charge in [0.25, 0.3) is 0 Å². The monoisotopic (exact) mass is 423 g/mol. The van der Waals surface area contributed by atoms with Gasteiger partial charge in [0.1, 0.15) is 17.6 Å². The number of nitrogens with one attached hydrogen (secondary N) is 1. The molecule has 30 heavy (non-hydrogen) atoms. The van der Waals surface area contributed by atoms with Crippen LogP contribution in [-0.4, -0.2) is 48.6 Å². The van der Waals surface area contributed by atoms with E-state index < -0.39 is 0 Å². The zero-order valence-corrected chi connectivity index (χ0v) is 18.4. The largest absolute Gasteiger partial charge is 0.381 e. The molecule has 0 spiro atoms. The van der Waals surface area contributed by atoms with Gasteiger partial charge >= 0.3 is 0 Å². The Hall–Kier alpha value is -2.59. The Balaban J connectivity index is 1.81. The van der Waals surface area contributed by atoms with Gasteiger partial charge in [-0.3, -0.25) is 9.79 Å². The summed E-state index contributed by atoms with van der Waals surface area (Å²) in [6, 6.07) is 4.70. The number of anilines is 2. The van der Waals surface area contributed by atoms with Crippen LogP contribution in [0.4, 0.5) is 11.5 Å². The minimum absolute atomic E-state index is 0.413. The van der Waals surface area contributed by atoms with Gasteiger partial charge in [0.05, 0.1) is 11.3 Å². The summed E-state index contributed by atoms with van der Waals surface area (Å²) < 4.78 is 0. The van der Waals surface area contributed by atoms with E-state index in [0.29, 0.717) is 17.3 Å². The predicted molar refractivity (Wildman–Crippen MR) is 125 cm³/mol. The molecule has 0 aliphatic carbocycles. The average molecular weight is 424 g/mol. The zero-order valence-electron chi connectivity index (χ0n) is 17.6. The van der Waals surface area contributed by atoms with Gasteiger partial charge in [-0.25, -0.2) is 4.98 Å². The smallest absolute Gasteiger partial charge is 0.168 e. The van der Waals surface area contributed by atoms with Crippen molar-refractivity contribution in [2.24, 2.45) is 4.99 Å². The van der Waals surface area contributed by atoms with Gasteiger partial charge in [0.2, 0.25) is 0 Å². The Morgan fingerprint density at radius 2 is 2.30 bits per heavy atom. The number of carbonyl (C=O) groups excluding carboxylic acids is 1. The van der Waals surface area contributed by atoms with Crippen molar-refractivity contribution in [1.29, 1.82) is 5.26 Å². The lowest BCUT2D eigenvalue weighted by atomic mass is 10.00. The van der Waals surface area contributed by atoms with E-state index in [9.17, 15) is 10.1 Å².